The van der Waals surface area contributed by atoms with Crippen LogP contribution in [0.2, 0.25) is 0 Å². The van der Waals surface area contributed by atoms with E-state index in [0.717, 1.165) is 0 Å². The van der Waals surface area contributed by atoms with Gasteiger partial charge in [0, 0.05) is 19.2 Å². The van der Waals surface area contributed by atoms with Gasteiger partial charge in [0.25, 0.3) is 0 Å². The van der Waals surface area contributed by atoms with Crippen molar-refractivity contribution in [2.75, 3.05) is 30.4 Å². The molecule has 0 spiro atoms. The molecule has 1 unspecified atom stereocenters. The molecule has 0 saturated heterocycles. The molecule has 0 saturated carbocycles. The number of aromatic nitrogens is 1. The van der Waals surface area contributed by atoms with E-state index in [1.807, 2.05) is 27.7 Å². The van der Waals surface area contributed by atoms with Crippen LogP contribution >= 0.6 is 0 Å². The number of nitrogens with zero attached hydrogens (tertiary/aromatic N) is 2. The normalized spacial score (nSPS) is 12.2. The standard InChI is InChI=1S/C14H24N4O3/c1-5-15-13-8-7-12(18(19)20)14(17-13)16-11(10(3)4)9-21-6-2/h7-8,10-11H,5-6,9H2,1-4H3,(H2,15,16,17). The zero-order chi connectivity index (χ0) is 15.8. The highest BCUT2D eigenvalue weighted by Crippen LogP contribution is 2.25. The van der Waals surface area contributed by atoms with Crippen LogP contribution in [0.3, 0.4) is 0 Å². The molecule has 118 valence electrons. The van der Waals surface area contributed by atoms with Crippen molar-refractivity contribution >= 4 is 17.3 Å². The first-order valence-electron chi connectivity index (χ1n) is 7.23. The van der Waals surface area contributed by atoms with E-state index in [2.05, 4.69) is 15.6 Å². The summed E-state index contributed by atoms with van der Waals surface area (Å²) in [5, 5.41) is 17.3. The Morgan fingerprint density at radius 2 is 2.10 bits per heavy atom. The summed E-state index contributed by atoms with van der Waals surface area (Å²) in [7, 11) is 0. The van der Waals surface area contributed by atoms with Crippen LogP contribution in [-0.2, 0) is 4.74 Å². The fraction of sp³-hybridized carbons (Fsp3) is 0.643. The Hall–Kier alpha value is -1.89. The molecule has 0 amide bonds. The van der Waals surface area contributed by atoms with Crippen LogP contribution in [0.1, 0.15) is 27.7 Å². The van der Waals surface area contributed by atoms with Gasteiger partial charge in [-0.05, 0) is 25.8 Å². The molecule has 21 heavy (non-hydrogen) atoms. The van der Waals surface area contributed by atoms with Crippen molar-refractivity contribution in [2.45, 2.75) is 33.7 Å². The largest absolute Gasteiger partial charge is 0.380 e. The molecule has 7 nitrogen and oxygen atoms in total. The topological polar surface area (TPSA) is 89.3 Å². The molecule has 0 aliphatic heterocycles. The molecule has 1 atom stereocenters. The van der Waals surface area contributed by atoms with Gasteiger partial charge in [0.2, 0.25) is 5.82 Å². The Labute approximate surface area is 125 Å². The molecule has 0 aromatic carbocycles. The Balaban J connectivity index is 3.00. The zero-order valence-electron chi connectivity index (χ0n) is 13.0. The Kier molecular flexibility index (Phi) is 6.87. The Morgan fingerprint density at radius 3 is 2.62 bits per heavy atom. The summed E-state index contributed by atoms with van der Waals surface area (Å²) in [6.07, 6.45) is 0. The molecule has 1 rings (SSSR count). The SMILES string of the molecule is CCNc1ccc([N+](=O)[O-])c(NC(COCC)C(C)C)n1. The summed E-state index contributed by atoms with van der Waals surface area (Å²) in [6.45, 7) is 9.74. The van der Waals surface area contributed by atoms with Gasteiger partial charge in [-0.3, -0.25) is 10.1 Å². The molecular formula is C14H24N4O3. The average Bonchev–Trinajstić information content (AvgIpc) is 2.43. The maximum Gasteiger partial charge on any atom is 0.311 e. The van der Waals surface area contributed by atoms with Gasteiger partial charge in [-0.2, -0.15) is 0 Å². The van der Waals surface area contributed by atoms with Crippen LogP contribution < -0.4 is 10.6 Å². The lowest BCUT2D eigenvalue weighted by Crippen LogP contribution is -2.31. The summed E-state index contributed by atoms with van der Waals surface area (Å²) in [6, 6.07) is 3.04. The highest BCUT2D eigenvalue weighted by atomic mass is 16.6. The number of hydrogen-bond donors (Lipinski definition) is 2. The number of anilines is 2. The van der Waals surface area contributed by atoms with E-state index in [9.17, 15) is 10.1 Å². The minimum Gasteiger partial charge on any atom is -0.380 e. The monoisotopic (exact) mass is 296 g/mol. The van der Waals surface area contributed by atoms with Gasteiger partial charge in [0.15, 0.2) is 0 Å². The lowest BCUT2D eigenvalue weighted by atomic mass is 10.1. The molecule has 1 aromatic rings. The third-order valence-electron chi connectivity index (χ3n) is 3.06. The second kappa shape index (κ2) is 8.41. The van der Waals surface area contributed by atoms with E-state index in [1.165, 1.54) is 6.07 Å². The summed E-state index contributed by atoms with van der Waals surface area (Å²) >= 11 is 0. The number of pyridine rings is 1. The summed E-state index contributed by atoms with van der Waals surface area (Å²) in [5.74, 6) is 1.15. The number of nitro groups is 1. The molecule has 1 aromatic heterocycles. The van der Waals surface area contributed by atoms with Crippen molar-refractivity contribution < 1.29 is 9.66 Å². The number of hydrogen-bond acceptors (Lipinski definition) is 6. The molecule has 7 heteroatoms. The molecule has 0 fully saturated rings. The predicted octanol–water partition coefficient (Wildman–Crippen LogP) is 2.89. The van der Waals surface area contributed by atoms with Gasteiger partial charge >= 0.3 is 5.69 Å². The minimum atomic E-state index is -0.427. The van der Waals surface area contributed by atoms with Crippen LogP contribution in [-0.4, -0.2) is 35.7 Å². The first-order chi connectivity index (χ1) is 9.99. The van der Waals surface area contributed by atoms with Crippen LogP contribution in [0.15, 0.2) is 12.1 Å². The van der Waals surface area contributed by atoms with Gasteiger partial charge in [-0.25, -0.2) is 4.98 Å². The van der Waals surface area contributed by atoms with Crippen molar-refractivity contribution in [2.24, 2.45) is 5.92 Å². The Bertz CT molecular complexity index is 466. The molecule has 0 bridgehead atoms. The molecule has 0 aliphatic rings. The van der Waals surface area contributed by atoms with E-state index in [4.69, 9.17) is 4.74 Å². The first kappa shape index (κ1) is 17.2. The third-order valence-corrected chi connectivity index (χ3v) is 3.06. The summed E-state index contributed by atoms with van der Waals surface area (Å²) in [4.78, 5) is 15.0. The van der Waals surface area contributed by atoms with Crippen LogP contribution in [0.5, 0.6) is 0 Å². The minimum absolute atomic E-state index is 0.0289. The second-order valence-electron chi connectivity index (χ2n) is 5.01. The maximum atomic E-state index is 11.1. The van der Waals surface area contributed by atoms with Crippen molar-refractivity contribution in [3.8, 4) is 0 Å². The highest BCUT2D eigenvalue weighted by Gasteiger charge is 2.21. The van der Waals surface area contributed by atoms with E-state index in [0.29, 0.717) is 25.6 Å². The van der Waals surface area contributed by atoms with Gasteiger partial charge in [-0.15, -0.1) is 0 Å². The van der Waals surface area contributed by atoms with E-state index >= 15 is 0 Å². The van der Waals surface area contributed by atoms with Crippen molar-refractivity contribution in [1.29, 1.82) is 0 Å². The van der Waals surface area contributed by atoms with Crippen molar-refractivity contribution in [3.63, 3.8) is 0 Å². The van der Waals surface area contributed by atoms with E-state index in [1.54, 1.807) is 6.07 Å². The number of nitrogens with one attached hydrogen (secondary N) is 2. The van der Waals surface area contributed by atoms with Crippen LogP contribution in [0.25, 0.3) is 0 Å². The van der Waals surface area contributed by atoms with Crippen LogP contribution in [0.4, 0.5) is 17.3 Å². The van der Waals surface area contributed by atoms with E-state index < -0.39 is 4.92 Å². The molecule has 1 heterocycles. The lowest BCUT2D eigenvalue weighted by Gasteiger charge is -2.22. The number of rotatable bonds is 9. The van der Waals surface area contributed by atoms with Gasteiger partial charge in [-0.1, -0.05) is 13.8 Å². The van der Waals surface area contributed by atoms with Gasteiger partial charge in [0.05, 0.1) is 17.6 Å². The molecule has 2 N–H and O–H groups in total. The maximum absolute atomic E-state index is 11.1. The highest BCUT2D eigenvalue weighted by molar-refractivity contribution is 5.60. The summed E-state index contributed by atoms with van der Waals surface area (Å²) < 4.78 is 5.43. The quantitative estimate of drug-likeness (QED) is 0.538. The fourth-order valence-electron chi connectivity index (χ4n) is 1.81. The molecule has 0 aliphatic carbocycles. The average molecular weight is 296 g/mol. The number of ether oxygens (including phenoxy) is 1. The third kappa shape index (κ3) is 5.18. The van der Waals surface area contributed by atoms with Crippen molar-refractivity contribution in [1.82, 2.24) is 4.98 Å². The molecular weight excluding hydrogens is 272 g/mol. The van der Waals surface area contributed by atoms with E-state index in [-0.39, 0.29) is 23.5 Å². The Morgan fingerprint density at radius 1 is 1.38 bits per heavy atom. The summed E-state index contributed by atoms with van der Waals surface area (Å²) in [5.41, 5.74) is -0.0289. The van der Waals surface area contributed by atoms with Gasteiger partial charge < -0.3 is 15.4 Å². The van der Waals surface area contributed by atoms with Gasteiger partial charge in [0.1, 0.15) is 5.82 Å². The lowest BCUT2D eigenvalue weighted by molar-refractivity contribution is -0.384. The smallest absolute Gasteiger partial charge is 0.311 e. The zero-order valence-corrected chi connectivity index (χ0v) is 13.0. The molecule has 0 radical (unpaired) electrons. The second-order valence-corrected chi connectivity index (χ2v) is 5.01. The fourth-order valence-corrected chi connectivity index (χ4v) is 1.81. The van der Waals surface area contributed by atoms with Crippen LogP contribution in [0, 0.1) is 16.0 Å². The predicted molar refractivity (Wildman–Crippen MR) is 83.8 cm³/mol. The van der Waals surface area contributed by atoms with Crippen molar-refractivity contribution in [3.05, 3.63) is 22.2 Å². The first-order valence-corrected chi connectivity index (χ1v) is 7.23.